The molecule has 2 rings (SSSR count). The van der Waals surface area contributed by atoms with Crippen molar-refractivity contribution in [1.29, 1.82) is 0 Å². The molecule has 1 aromatic heterocycles. The Morgan fingerprint density at radius 3 is 3.00 bits per heavy atom. The molecule has 3 N–H and O–H groups in total. The van der Waals surface area contributed by atoms with Crippen LogP contribution in [0.1, 0.15) is 18.4 Å². The normalized spacial score (nSPS) is 10.8. The number of amides is 1. The van der Waals surface area contributed by atoms with E-state index < -0.39 is 0 Å². The highest BCUT2D eigenvalue weighted by atomic mass is 16.1. The number of aromatic nitrogens is 2. The molecular formula is C15H20N4O2. The SMILES string of the molecule is Cc1cccc2c(=O)n(CCC(=O)NCCCN)cnc12. The summed E-state index contributed by atoms with van der Waals surface area (Å²) in [6, 6.07) is 5.52. The molecule has 1 heterocycles. The van der Waals surface area contributed by atoms with Gasteiger partial charge in [-0.15, -0.1) is 0 Å². The fraction of sp³-hybridized carbons (Fsp3) is 0.400. The summed E-state index contributed by atoms with van der Waals surface area (Å²) in [5.74, 6) is -0.0836. The van der Waals surface area contributed by atoms with Gasteiger partial charge in [0.25, 0.3) is 5.56 Å². The minimum absolute atomic E-state index is 0.0836. The van der Waals surface area contributed by atoms with Gasteiger partial charge >= 0.3 is 0 Å². The summed E-state index contributed by atoms with van der Waals surface area (Å²) in [6.07, 6.45) is 2.51. The molecule has 2 aromatic rings. The van der Waals surface area contributed by atoms with E-state index >= 15 is 0 Å². The van der Waals surface area contributed by atoms with Crippen molar-refractivity contribution < 1.29 is 4.79 Å². The van der Waals surface area contributed by atoms with Gasteiger partial charge < -0.3 is 11.1 Å². The van der Waals surface area contributed by atoms with Gasteiger partial charge in [0.15, 0.2) is 0 Å². The highest BCUT2D eigenvalue weighted by Gasteiger charge is 2.07. The maximum Gasteiger partial charge on any atom is 0.261 e. The number of nitrogens with one attached hydrogen (secondary N) is 1. The lowest BCUT2D eigenvalue weighted by Gasteiger charge is -2.08. The molecule has 112 valence electrons. The molecule has 0 saturated carbocycles. The third-order valence-electron chi connectivity index (χ3n) is 3.34. The van der Waals surface area contributed by atoms with Gasteiger partial charge in [0.05, 0.1) is 17.2 Å². The first-order chi connectivity index (χ1) is 10.1. The number of hydrogen-bond donors (Lipinski definition) is 2. The van der Waals surface area contributed by atoms with Crippen molar-refractivity contribution in [1.82, 2.24) is 14.9 Å². The molecule has 0 radical (unpaired) electrons. The van der Waals surface area contributed by atoms with E-state index in [0.29, 0.717) is 30.5 Å². The number of nitrogens with two attached hydrogens (primary N) is 1. The smallest absolute Gasteiger partial charge is 0.261 e. The van der Waals surface area contributed by atoms with Crippen LogP contribution in [0.5, 0.6) is 0 Å². The van der Waals surface area contributed by atoms with E-state index in [4.69, 9.17) is 5.73 Å². The van der Waals surface area contributed by atoms with E-state index in [9.17, 15) is 9.59 Å². The molecular weight excluding hydrogens is 268 g/mol. The van der Waals surface area contributed by atoms with Crippen molar-refractivity contribution in [2.24, 2.45) is 5.73 Å². The highest BCUT2D eigenvalue weighted by molar-refractivity contribution is 5.80. The Morgan fingerprint density at radius 2 is 2.24 bits per heavy atom. The Bertz CT molecular complexity index is 694. The van der Waals surface area contributed by atoms with E-state index in [-0.39, 0.29) is 17.9 Å². The van der Waals surface area contributed by atoms with Gasteiger partial charge in [-0.05, 0) is 31.5 Å². The van der Waals surface area contributed by atoms with Gasteiger partial charge in [0, 0.05) is 19.5 Å². The quantitative estimate of drug-likeness (QED) is 0.760. The molecule has 0 bridgehead atoms. The summed E-state index contributed by atoms with van der Waals surface area (Å²) in [4.78, 5) is 28.3. The standard InChI is InChI=1S/C15H20N4O2/c1-11-4-2-5-12-14(11)18-10-19(15(12)21)9-6-13(20)17-8-3-7-16/h2,4-5,10H,3,6-9,16H2,1H3,(H,17,20). The van der Waals surface area contributed by atoms with E-state index in [1.54, 1.807) is 6.07 Å². The predicted molar refractivity (Wildman–Crippen MR) is 82.0 cm³/mol. The molecule has 0 fully saturated rings. The average molecular weight is 288 g/mol. The number of rotatable bonds is 6. The first-order valence-corrected chi connectivity index (χ1v) is 7.05. The molecule has 21 heavy (non-hydrogen) atoms. The topological polar surface area (TPSA) is 90.0 Å². The molecule has 0 spiro atoms. The molecule has 0 unspecified atom stereocenters. The minimum Gasteiger partial charge on any atom is -0.356 e. The van der Waals surface area contributed by atoms with Crippen LogP contribution in [0.2, 0.25) is 0 Å². The fourth-order valence-electron chi connectivity index (χ4n) is 2.14. The van der Waals surface area contributed by atoms with Gasteiger partial charge in [-0.2, -0.15) is 0 Å². The first kappa shape index (κ1) is 15.2. The molecule has 0 aliphatic rings. The molecule has 6 heteroatoms. The lowest BCUT2D eigenvalue weighted by atomic mass is 10.1. The molecule has 0 atom stereocenters. The van der Waals surface area contributed by atoms with E-state index in [1.807, 2.05) is 19.1 Å². The van der Waals surface area contributed by atoms with Gasteiger partial charge in [-0.1, -0.05) is 12.1 Å². The fourth-order valence-corrected chi connectivity index (χ4v) is 2.14. The highest BCUT2D eigenvalue weighted by Crippen LogP contribution is 2.11. The van der Waals surface area contributed by atoms with Crippen LogP contribution in [-0.2, 0) is 11.3 Å². The maximum atomic E-state index is 12.3. The van der Waals surface area contributed by atoms with Crippen LogP contribution in [0, 0.1) is 6.92 Å². The van der Waals surface area contributed by atoms with Crippen LogP contribution >= 0.6 is 0 Å². The van der Waals surface area contributed by atoms with Crippen LogP contribution in [0.3, 0.4) is 0 Å². The lowest BCUT2D eigenvalue weighted by Crippen LogP contribution is -2.29. The van der Waals surface area contributed by atoms with Crippen LogP contribution < -0.4 is 16.6 Å². The third-order valence-corrected chi connectivity index (χ3v) is 3.34. The number of fused-ring (bicyclic) bond motifs is 1. The Labute approximate surface area is 123 Å². The number of aryl methyl sites for hydroxylation is 2. The second-order valence-corrected chi connectivity index (χ2v) is 4.96. The maximum absolute atomic E-state index is 12.3. The van der Waals surface area contributed by atoms with Crippen molar-refractivity contribution in [3.8, 4) is 0 Å². The zero-order chi connectivity index (χ0) is 15.2. The predicted octanol–water partition coefficient (Wildman–Crippen LogP) is 0.560. The van der Waals surface area contributed by atoms with Crippen LogP contribution in [0.25, 0.3) is 10.9 Å². The average Bonchev–Trinajstić information content (AvgIpc) is 2.48. The van der Waals surface area contributed by atoms with Crippen molar-refractivity contribution in [2.75, 3.05) is 13.1 Å². The Hall–Kier alpha value is -2.21. The van der Waals surface area contributed by atoms with E-state index in [0.717, 1.165) is 12.0 Å². The van der Waals surface area contributed by atoms with Crippen molar-refractivity contribution >= 4 is 16.8 Å². The zero-order valence-corrected chi connectivity index (χ0v) is 12.1. The van der Waals surface area contributed by atoms with E-state index in [1.165, 1.54) is 10.9 Å². The first-order valence-electron chi connectivity index (χ1n) is 7.05. The summed E-state index contributed by atoms with van der Waals surface area (Å²) < 4.78 is 1.48. The number of hydrogen-bond acceptors (Lipinski definition) is 4. The van der Waals surface area contributed by atoms with Gasteiger partial charge in [0.2, 0.25) is 5.91 Å². The number of carbonyl (C=O) groups is 1. The molecule has 1 aromatic carbocycles. The van der Waals surface area contributed by atoms with Crippen molar-refractivity contribution in [2.45, 2.75) is 26.3 Å². The van der Waals surface area contributed by atoms with Gasteiger partial charge in [-0.25, -0.2) is 4.98 Å². The van der Waals surface area contributed by atoms with Crippen LogP contribution in [0.4, 0.5) is 0 Å². The largest absolute Gasteiger partial charge is 0.356 e. The Balaban J connectivity index is 2.08. The van der Waals surface area contributed by atoms with Crippen LogP contribution in [0.15, 0.2) is 29.3 Å². The number of carbonyl (C=O) groups excluding carboxylic acids is 1. The monoisotopic (exact) mass is 288 g/mol. The molecule has 0 aliphatic carbocycles. The zero-order valence-electron chi connectivity index (χ0n) is 12.1. The summed E-state index contributed by atoms with van der Waals surface area (Å²) in [5, 5.41) is 3.35. The van der Waals surface area contributed by atoms with Gasteiger partial charge in [0.1, 0.15) is 0 Å². The number of nitrogens with zero attached hydrogens (tertiary/aromatic N) is 2. The third kappa shape index (κ3) is 3.66. The van der Waals surface area contributed by atoms with Crippen molar-refractivity contribution in [3.63, 3.8) is 0 Å². The second kappa shape index (κ2) is 6.99. The lowest BCUT2D eigenvalue weighted by molar-refractivity contribution is -0.121. The summed E-state index contributed by atoms with van der Waals surface area (Å²) in [5.41, 5.74) is 6.93. The van der Waals surface area contributed by atoms with Crippen LogP contribution in [-0.4, -0.2) is 28.5 Å². The Kier molecular flexibility index (Phi) is 5.05. The molecule has 6 nitrogen and oxygen atoms in total. The Morgan fingerprint density at radius 1 is 1.43 bits per heavy atom. The molecule has 1 amide bonds. The minimum atomic E-state index is -0.113. The summed E-state index contributed by atoms with van der Waals surface area (Å²) >= 11 is 0. The second-order valence-electron chi connectivity index (χ2n) is 4.96. The molecule has 0 aliphatic heterocycles. The summed E-state index contributed by atoms with van der Waals surface area (Å²) in [6.45, 7) is 3.36. The van der Waals surface area contributed by atoms with Gasteiger partial charge in [-0.3, -0.25) is 14.2 Å². The molecule has 0 saturated heterocycles. The summed E-state index contributed by atoms with van der Waals surface area (Å²) in [7, 11) is 0. The number of benzene rings is 1. The number of para-hydroxylation sites is 1. The van der Waals surface area contributed by atoms with E-state index in [2.05, 4.69) is 10.3 Å². The van der Waals surface area contributed by atoms with Crippen molar-refractivity contribution in [3.05, 3.63) is 40.4 Å².